The molecule has 1 aliphatic rings. The van der Waals surface area contributed by atoms with Crippen LogP contribution in [0.2, 0.25) is 0 Å². The second-order valence-corrected chi connectivity index (χ2v) is 8.33. The molecule has 0 spiro atoms. The van der Waals surface area contributed by atoms with Crippen LogP contribution in [0.3, 0.4) is 0 Å². The fourth-order valence-electron chi connectivity index (χ4n) is 4.24. The van der Waals surface area contributed by atoms with Crippen LogP contribution in [0.25, 0.3) is 12.2 Å². The highest BCUT2D eigenvalue weighted by molar-refractivity contribution is 5.54. The normalized spacial score (nSPS) is 16.1. The summed E-state index contributed by atoms with van der Waals surface area (Å²) in [4.78, 5) is 2.48. The summed E-state index contributed by atoms with van der Waals surface area (Å²) in [6.45, 7) is 16.4. The highest BCUT2D eigenvalue weighted by Gasteiger charge is 2.17. The molecule has 0 unspecified atom stereocenters. The van der Waals surface area contributed by atoms with Gasteiger partial charge in [-0.25, -0.2) is 0 Å². The number of hydrogen-bond acceptors (Lipinski definition) is 6. The molecule has 168 valence electrons. The molecule has 0 amide bonds. The predicted octanol–water partition coefficient (Wildman–Crippen LogP) is 2.75. The molecule has 1 aromatic heterocycles. The van der Waals surface area contributed by atoms with Crippen molar-refractivity contribution in [1.29, 1.82) is 5.26 Å². The van der Waals surface area contributed by atoms with Gasteiger partial charge in [-0.3, -0.25) is 0 Å². The van der Waals surface area contributed by atoms with Crippen molar-refractivity contribution in [2.75, 3.05) is 25.0 Å². The van der Waals surface area contributed by atoms with Crippen LogP contribution in [0.4, 0.5) is 5.82 Å². The van der Waals surface area contributed by atoms with E-state index in [1.807, 2.05) is 39.0 Å². The third-order valence-corrected chi connectivity index (χ3v) is 6.28. The summed E-state index contributed by atoms with van der Waals surface area (Å²) < 4.78 is 0. The van der Waals surface area contributed by atoms with Crippen LogP contribution in [0.5, 0.6) is 0 Å². The summed E-state index contributed by atoms with van der Waals surface area (Å²) in [6, 6.07) is 8.48. The topological polar surface area (TPSA) is 76.9 Å². The molecule has 0 atom stereocenters. The number of aromatic nitrogens is 2. The van der Waals surface area contributed by atoms with Gasteiger partial charge in [0.2, 0.25) is 0 Å². The molecular weight excluding hydrogens is 396 g/mol. The van der Waals surface area contributed by atoms with Gasteiger partial charge in [0.15, 0.2) is 5.82 Å². The Balaban J connectivity index is 1.84. The second-order valence-electron chi connectivity index (χ2n) is 8.33. The molecule has 6 nitrogen and oxygen atoms in total. The number of piperidine rings is 1. The van der Waals surface area contributed by atoms with Crippen LogP contribution in [0.1, 0.15) is 49.1 Å². The van der Waals surface area contributed by atoms with Gasteiger partial charge in [0, 0.05) is 41.8 Å². The highest BCUT2D eigenvalue weighted by atomic mass is 15.2. The molecule has 2 heterocycles. The second kappa shape index (κ2) is 10.9. The summed E-state index contributed by atoms with van der Waals surface area (Å²) in [7, 11) is 0. The smallest absolute Gasteiger partial charge is 0.156 e. The van der Waals surface area contributed by atoms with E-state index in [-0.39, 0.29) is 0 Å². The summed E-state index contributed by atoms with van der Waals surface area (Å²) >= 11 is 0. The van der Waals surface area contributed by atoms with E-state index in [2.05, 4.69) is 57.5 Å². The highest BCUT2D eigenvalue weighted by Crippen LogP contribution is 2.14. The number of nitriles is 1. The van der Waals surface area contributed by atoms with Crippen molar-refractivity contribution in [3.05, 3.63) is 63.3 Å². The fourth-order valence-corrected chi connectivity index (χ4v) is 4.24. The first kappa shape index (κ1) is 23.5. The minimum Gasteiger partial charge on any atom is -0.383 e. The number of likely N-dealkylation sites (tertiary alicyclic amines) is 1. The minimum atomic E-state index is 0.444. The largest absolute Gasteiger partial charge is 0.383 e. The van der Waals surface area contributed by atoms with Crippen LogP contribution in [-0.4, -0.2) is 40.8 Å². The lowest BCUT2D eigenvalue weighted by molar-refractivity contribution is 0.212. The monoisotopic (exact) mass is 430 g/mol. The van der Waals surface area contributed by atoms with Crippen molar-refractivity contribution in [1.82, 2.24) is 20.4 Å². The maximum absolute atomic E-state index is 9.31. The Labute approximate surface area is 191 Å². The van der Waals surface area contributed by atoms with E-state index in [1.54, 1.807) is 0 Å². The SMILES string of the molecule is C=C(/C=c1/c(NCc2cccc(C#N)c2C)nnc(C)/c1=C/C)NC1CCN(CC)CC1. The van der Waals surface area contributed by atoms with Gasteiger partial charge < -0.3 is 15.5 Å². The molecule has 1 aliphatic heterocycles. The standard InChI is InChI=1S/C26H34N6/c1-6-24-20(5)30-31-26(28-17-22-10-8-9-21(16-27)19(22)4)25(24)15-18(3)29-23-11-13-32(7-2)14-12-23/h6,8-10,15,23,29H,3,7,11-14,17H2,1-2,4-5H3,(H,28,31)/b24-6-,25-15+. The summed E-state index contributed by atoms with van der Waals surface area (Å²) in [5.74, 6) is 0.717. The van der Waals surface area contributed by atoms with Crippen molar-refractivity contribution in [3.8, 4) is 6.07 Å². The van der Waals surface area contributed by atoms with Crippen molar-refractivity contribution in [2.45, 2.75) is 53.1 Å². The van der Waals surface area contributed by atoms with Crippen molar-refractivity contribution >= 4 is 18.0 Å². The molecule has 0 aliphatic carbocycles. The number of nitrogens with zero attached hydrogens (tertiary/aromatic N) is 4. The summed E-state index contributed by atoms with van der Waals surface area (Å²) in [5, 5.41) is 27.2. The molecule has 0 saturated carbocycles. The first-order valence-electron chi connectivity index (χ1n) is 11.4. The fraction of sp³-hybridized carbons (Fsp3) is 0.423. The summed E-state index contributed by atoms with van der Waals surface area (Å²) in [6.07, 6.45) is 6.39. The van der Waals surface area contributed by atoms with Crippen molar-refractivity contribution in [3.63, 3.8) is 0 Å². The predicted molar refractivity (Wildman–Crippen MR) is 131 cm³/mol. The number of benzene rings is 1. The Morgan fingerprint density at radius 2 is 2.00 bits per heavy atom. The van der Waals surface area contributed by atoms with Gasteiger partial charge >= 0.3 is 0 Å². The molecule has 0 bridgehead atoms. The molecule has 0 radical (unpaired) electrons. The lowest BCUT2D eigenvalue weighted by Crippen LogP contribution is -2.42. The number of hydrogen-bond donors (Lipinski definition) is 2. The zero-order valence-corrected chi connectivity index (χ0v) is 19.7. The quantitative estimate of drug-likeness (QED) is 0.703. The zero-order valence-electron chi connectivity index (χ0n) is 19.7. The van der Waals surface area contributed by atoms with Crippen LogP contribution < -0.4 is 21.1 Å². The van der Waals surface area contributed by atoms with Gasteiger partial charge in [0.25, 0.3) is 0 Å². The molecule has 2 aromatic rings. The maximum Gasteiger partial charge on any atom is 0.156 e. The Bertz CT molecular complexity index is 1120. The van der Waals surface area contributed by atoms with Crippen molar-refractivity contribution in [2.24, 2.45) is 0 Å². The van der Waals surface area contributed by atoms with Crippen LogP contribution in [0.15, 0.2) is 30.5 Å². The third kappa shape index (κ3) is 5.54. The minimum absolute atomic E-state index is 0.444. The van der Waals surface area contributed by atoms with Gasteiger partial charge in [0.05, 0.1) is 17.3 Å². The molecule has 2 N–H and O–H groups in total. The lowest BCUT2D eigenvalue weighted by Gasteiger charge is -2.32. The lowest BCUT2D eigenvalue weighted by atomic mass is 10.0. The van der Waals surface area contributed by atoms with E-state index in [9.17, 15) is 5.26 Å². The number of anilines is 1. The first-order valence-corrected chi connectivity index (χ1v) is 11.4. The van der Waals surface area contributed by atoms with Crippen molar-refractivity contribution < 1.29 is 0 Å². The van der Waals surface area contributed by atoms with E-state index in [4.69, 9.17) is 0 Å². The average Bonchev–Trinajstić information content (AvgIpc) is 2.80. The Morgan fingerprint density at radius 3 is 2.66 bits per heavy atom. The van der Waals surface area contributed by atoms with Gasteiger partial charge in [-0.15, -0.1) is 5.10 Å². The summed E-state index contributed by atoms with van der Waals surface area (Å²) in [5.41, 5.74) is 4.52. The zero-order chi connectivity index (χ0) is 23.1. The van der Waals surface area contributed by atoms with Gasteiger partial charge in [-0.1, -0.05) is 31.7 Å². The van der Waals surface area contributed by atoms with E-state index < -0.39 is 0 Å². The Kier molecular flexibility index (Phi) is 8.02. The van der Waals surface area contributed by atoms with E-state index in [1.165, 1.54) is 0 Å². The van der Waals surface area contributed by atoms with Crippen LogP contribution >= 0.6 is 0 Å². The van der Waals surface area contributed by atoms with Gasteiger partial charge in [-0.2, -0.15) is 10.4 Å². The van der Waals surface area contributed by atoms with Crippen LogP contribution in [0, 0.1) is 25.2 Å². The van der Waals surface area contributed by atoms with E-state index >= 15 is 0 Å². The number of aryl methyl sites for hydroxylation is 1. The molecule has 1 aromatic carbocycles. The first-order chi connectivity index (χ1) is 15.5. The van der Waals surface area contributed by atoms with E-state index in [0.717, 1.165) is 65.4 Å². The molecule has 1 saturated heterocycles. The van der Waals surface area contributed by atoms with Gasteiger partial charge in [-0.05, 0) is 63.4 Å². The number of allylic oxidation sites excluding steroid dienone is 1. The number of rotatable bonds is 7. The Hall–Kier alpha value is -3.17. The van der Waals surface area contributed by atoms with Crippen LogP contribution in [-0.2, 0) is 6.54 Å². The molecule has 1 fully saturated rings. The molecule has 3 rings (SSSR count). The Morgan fingerprint density at radius 1 is 1.25 bits per heavy atom. The molecule has 6 heteroatoms. The molecule has 32 heavy (non-hydrogen) atoms. The molecular formula is C26H34N6. The van der Waals surface area contributed by atoms with E-state index in [0.29, 0.717) is 24.0 Å². The third-order valence-electron chi connectivity index (χ3n) is 6.28. The number of nitrogens with one attached hydrogen (secondary N) is 2. The van der Waals surface area contributed by atoms with Gasteiger partial charge in [0.1, 0.15) is 0 Å². The average molecular weight is 431 g/mol. The maximum atomic E-state index is 9.31.